The number of rotatable bonds is 3. The Morgan fingerprint density at radius 3 is 2.94 bits per heavy atom. The van der Waals surface area contributed by atoms with E-state index in [4.69, 9.17) is 4.74 Å². The molecule has 2 rings (SSSR count). The zero-order chi connectivity index (χ0) is 12.3. The summed E-state index contributed by atoms with van der Waals surface area (Å²) in [7, 11) is 0. The van der Waals surface area contributed by atoms with E-state index in [0.29, 0.717) is 6.10 Å². The number of aryl methyl sites for hydroxylation is 1. The first-order chi connectivity index (χ1) is 8.19. The molecule has 0 N–H and O–H groups in total. The number of ether oxygens (including phenoxy) is 1. The van der Waals surface area contributed by atoms with Crippen molar-refractivity contribution in [1.29, 1.82) is 0 Å². The fourth-order valence-corrected chi connectivity index (χ4v) is 2.87. The Balaban J connectivity index is 2.07. The summed E-state index contributed by atoms with van der Waals surface area (Å²) in [6, 6.07) is 4.08. The summed E-state index contributed by atoms with van der Waals surface area (Å²) in [5, 5.41) is 0.756. The Morgan fingerprint density at radius 1 is 1.41 bits per heavy atom. The number of aromatic nitrogens is 1. The van der Waals surface area contributed by atoms with Crippen LogP contribution < -0.4 is 4.74 Å². The first-order valence-electron chi connectivity index (χ1n) is 6.38. The molecule has 2 nitrogen and oxygen atoms in total. The molecule has 1 aromatic rings. The van der Waals surface area contributed by atoms with Crippen LogP contribution in [0.3, 0.4) is 0 Å². The standard InChI is InChI=1S/C14H20BrNO/c1-10-4-3-5-12(8-10)17-14-7-6-11(2)16-13(14)9-15/h6-7,10,12H,3-5,8-9H2,1-2H3. The minimum Gasteiger partial charge on any atom is -0.488 e. The van der Waals surface area contributed by atoms with Gasteiger partial charge in [-0.1, -0.05) is 29.3 Å². The van der Waals surface area contributed by atoms with Crippen LogP contribution in [0.25, 0.3) is 0 Å². The predicted molar refractivity (Wildman–Crippen MR) is 73.7 cm³/mol. The van der Waals surface area contributed by atoms with E-state index in [1.165, 1.54) is 25.7 Å². The molecule has 1 heterocycles. The van der Waals surface area contributed by atoms with Crippen LogP contribution in [0.15, 0.2) is 12.1 Å². The highest BCUT2D eigenvalue weighted by molar-refractivity contribution is 9.08. The maximum atomic E-state index is 6.11. The molecule has 94 valence electrons. The van der Waals surface area contributed by atoms with Crippen LogP contribution in [-0.4, -0.2) is 11.1 Å². The summed E-state index contributed by atoms with van der Waals surface area (Å²) < 4.78 is 6.11. The SMILES string of the molecule is Cc1ccc(OC2CCCC(C)C2)c(CBr)n1. The molecule has 1 aliphatic rings. The van der Waals surface area contributed by atoms with E-state index >= 15 is 0 Å². The van der Waals surface area contributed by atoms with Crippen molar-refractivity contribution in [1.82, 2.24) is 4.98 Å². The summed E-state index contributed by atoms with van der Waals surface area (Å²) in [5.41, 5.74) is 2.06. The van der Waals surface area contributed by atoms with Crippen molar-refractivity contribution < 1.29 is 4.74 Å². The van der Waals surface area contributed by atoms with Crippen LogP contribution in [0.5, 0.6) is 5.75 Å². The Morgan fingerprint density at radius 2 is 2.24 bits per heavy atom. The number of hydrogen-bond acceptors (Lipinski definition) is 2. The average Bonchev–Trinajstić information content (AvgIpc) is 2.31. The summed E-state index contributed by atoms with van der Waals surface area (Å²) in [4.78, 5) is 4.50. The first-order valence-corrected chi connectivity index (χ1v) is 7.50. The monoisotopic (exact) mass is 297 g/mol. The number of alkyl halides is 1. The Kier molecular flexibility index (Phi) is 4.43. The summed E-state index contributed by atoms with van der Waals surface area (Å²) >= 11 is 3.48. The van der Waals surface area contributed by atoms with Crippen molar-refractivity contribution in [3.05, 3.63) is 23.5 Å². The fourth-order valence-electron chi connectivity index (χ4n) is 2.47. The first kappa shape index (κ1) is 12.9. The number of halogens is 1. The van der Waals surface area contributed by atoms with Gasteiger partial charge in [0.25, 0.3) is 0 Å². The highest BCUT2D eigenvalue weighted by atomic mass is 79.9. The average molecular weight is 298 g/mol. The van der Waals surface area contributed by atoms with E-state index in [1.807, 2.05) is 13.0 Å². The number of pyridine rings is 1. The van der Waals surface area contributed by atoms with E-state index in [0.717, 1.165) is 28.4 Å². The quantitative estimate of drug-likeness (QED) is 0.779. The molecular weight excluding hydrogens is 278 g/mol. The Hall–Kier alpha value is -0.570. The van der Waals surface area contributed by atoms with Crippen molar-refractivity contribution in [3.8, 4) is 5.75 Å². The second-order valence-electron chi connectivity index (χ2n) is 5.04. The topological polar surface area (TPSA) is 22.1 Å². The maximum absolute atomic E-state index is 6.11. The Bertz CT molecular complexity index is 380. The third kappa shape index (κ3) is 3.44. The third-order valence-electron chi connectivity index (χ3n) is 3.38. The van der Waals surface area contributed by atoms with Gasteiger partial charge in [-0.25, -0.2) is 0 Å². The molecule has 1 fully saturated rings. The summed E-state index contributed by atoms with van der Waals surface area (Å²) in [5.74, 6) is 1.74. The molecule has 0 radical (unpaired) electrons. The molecule has 0 spiro atoms. The van der Waals surface area contributed by atoms with Gasteiger partial charge < -0.3 is 4.74 Å². The Labute approximate surface area is 112 Å². The molecular formula is C14H20BrNO. The molecule has 2 unspecified atom stereocenters. The van der Waals surface area contributed by atoms with Crippen LogP contribution in [-0.2, 0) is 5.33 Å². The maximum Gasteiger partial charge on any atom is 0.142 e. The molecule has 0 bridgehead atoms. The largest absolute Gasteiger partial charge is 0.488 e. The number of nitrogens with zero attached hydrogens (tertiary/aromatic N) is 1. The third-order valence-corrected chi connectivity index (χ3v) is 3.91. The van der Waals surface area contributed by atoms with Gasteiger partial charge in [-0.05, 0) is 44.2 Å². The zero-order valence-electron chi connectivity index (χ0n) is 10.6. The van der Waals surface area contributed by atoms with Crippen LogP contribution in [0.4, 0.5) is 0 Å². The molecule has 17 heavy (non-hydrogen) atoms. The van der Waals surface area contributed by atoms with Gasteiger partial charge in [0.2, 0.25) is 0 Å². The molecule has 0 aromatic carbocycles. The summed E-state index contributed by atoms with van der Waals surface area (Å²) in [6.07, 6.45) is 5.36. The molecule has 1 saturated carbocycles. The van der Waals surface area contributed by atoms with Crippen molar-refractivity contribution in [3.63, 3.8) is 0 Å². The lowest BCUT2D eigenvalue weighted by atomic mass is 9.89. The highest BCUT2D eigenvalue weighted by Gasteiger charge is 2.21. The molecule has 3 heteroatoms. The van der Waals surface area contributed by atoms with Crippen molar-refractivity contribution in [2.45, 2.75) is 51.0 Å². The molecule has 0 aliphatic heterocycles. The van der Waals surface area contributed by atoms with E-state index in [2.05, 4.69) is 33.9 Å². The fraction of sp³-hybridized carbons (Fsp3) is 0.643. The molecule has 1 aromatic heterocycles. The van der Waals surface area contributed by atoms with Crippen molar-refractivity contribution >= 4 is 15.9 Å². The second-order valence-corrected chi connectivity index (χ2v) is 5.60. The van der Waals surface area contributed by atoms with Gasteiger partial charge in [0.1, 0.15) is 5.75 Å². The van der Waals surface area contributed by atoms with Crippen molar-refractivity contribution in [2.75, 3.05) is 0 Å². The van der Waals surface area contributed by atoms with Crippen molar-refractivity contribution in [2.24, 2.45) is 5.92 Å². The normalized spacial score (nSPS) is 24.6. The van der Waals surface area contributed by atoms with Crippen LogP contribution in [0, 0.1) is 12.8 Å². The van der Waals surface area contributed by atoms with Gasteiger partial charge in [0.05, 0.1) is 11.8 Å². The molecule has 0 saturated heterocycles. The highest BCUT2D eigenvalue weighted by Crippen LogP contribution is 2.29. The van der Waals surface area contributed by atoms with Gasteiger partial charge in [0.15, 0.2) is 0 Å². The second kappa shape index (κ2) is 5.85. The molecule has 0 amide bonds. The van der Waals surface area contributed by atoms with E-state index < -0.39 is 0 Å². The smallest absolute Gasteiger partial charge is 0.142 e. The lowest BCUT2D eigenvalue weighted by Gasteiger charge is -2.27. The van der Waals surface area contributed by atoms with E-state index in [1.54, 1.807) is 0 Å². The minimum atomic E-state index is 0.376. The zero-order valence-corrected chi connectivity index (χ0v) is 12.2. The van der Waals surface area contributed by atoms with Crippen LogP contribution in [0.1, 0.15) is 44.0 Å². The van der Waals surface area contributed by atoms with Gasteiger partial charge in [-0.2, -0.15) is 0 Å². The predicted octanol–water partition coefficient (Wildman–Crippen LogP) is 4.24. The van der Waals surface area contributed by atoms with E-state index in [-0.39, 0.29) is 0 Å². The summed E-state index contributed by atoms with van der Waals surface area (Å²) in [6.45, 7) is 4.33. The van der Waals surface area contributed by atoms with Gasteiger partial charge in [-0.15, -0.1) is 0 Å². The van der Waals surface area contributed by atoms with Crippen LogP contribution in [0.2, 0.25) is 0 Å². The number of hydrogen-bond donors (Lipinski definition) is 0. The minimum absolute atomic E-state index is 0.376. The van der Waals surface area contributed by atoms with Gasteiger partial charge >= 0.3 is 0 Å². The molecule has 1 aliphatic carbocycles. The lowest BCUT2D eigenvalue weighted by Crippen LogP contribution is -2.24. The van der Waals surface area contributed by atoms with Crippen LogP contribution >= 0.6 is 15.9 Å². The molecule has 2 atom stereocenters. The van der Waals surface area contributed by atoms with E-state index in [9.17, 15) is 0 Å². The van der Waals surface area contributed by atoms with Gasteiger partial charge in [-0.3, -0.25) is 4.98 Å². The lowest BCUT2D eigenvalue weighted by molar-refractivity contribution is 0.127. The van der Waals surface area contributed by atoms with Gasteiger partial charge in [0, 0.05) is 11.0 Å².